The van der Waals surface area contributed by atoms with Gasteiger partial charge in [-0.2, -0.15) is 5.10 Å². The van der Waals surface area contributed by atoms with Crippen molar-refractivity contribution < 1.29 is 5.11 Å². The monoisotopic (exact) mass is 201 g/mol. The van der Waals surface area contributed by atoms with Crippen molar-refractivity contribution in [1.29, 1.82) is 0 Å². The number of rotatable bonds is 0. The molecule has 2 aromatic rings. The largest absolute Gasteiger partial charge is 0.378 e. The Balaban J connectivity index is 2.39. The molecule has 0 aliphatic carbocycles. The molecule has 0 atom stereocenters. The minimum Gasteiger partial charge on any atom is -0.378 e. The highest BCUT2D eigenvalue weighted by molar-refractivity contribution is 5.41. The van der Waals surface area contributed by atoms with Gasteiger partial charge in [-0.25, -0.2) is 9.50 Å². The van der Waals surface area contributed by atoms with Crippen LogP contribution in [0.1, 0.15) is 19.5 Å². The lowest BCUT2D eigenvalue weighted by Crippen LogP contribution is -2.14. The summed E-state index contributed by atoms with van der Waals surface area (Å²) >= 11 is 0. The van der Waals surface area contributed by atoms with E-state index in [0.29, 0.717) is 5.69 Å². The normalized spacial score (nSPS) is 11.1. The summed E-state index contributed by atoms with van der Waals surface area (Å²) in [5, 5.41) is 13.5. The van der Waals surface area contributed by atoms with Crippen molar-refractivity contribution in [2.45, 2.75) is 19.4 Å². The van der Waals surface area contributed by atoms with Gasteiger partial charge in [0, 0.05) is 12.3 Å². The van der Waals surface area contributed by atoms with Gasteiger partial charge < -0.3 is 5.11 Å². The standard InChI is InChI=1S/C11H11N3O/c1-11(2,15)6-3-9-5-8-14-10(13-9)4-7-12-14/h4-5,7-8,15H,1-2H3. The van der Waals surface area contributed by atoms with Crippen LogP contribution >= 0.6 is 0 Å². The number of fused-ring (bicyclic) bond motifs is 1. The second-order valence-corrected chi connectivity index (χ2v) is 3.76. The third kappa shape index (κ3) is 2.33. The molecule has 4 heteroatoms. The van der Waals surface area contributed by atoms with E-state index in [9.17, 15) is 5.11 Å². The maximum absolute atomic E-state index is 9.43. The molecule has 0 aliphatic heterocycles. The number of hydrogen-bond donors (Lipinski definition) is 1. The Morgan fingerprint density at radius 1 is 1.40 bits per heavy atom. The summed E-state index contributed by atoms with van der Waals surface area (Å²) in [7, 11) is 0. The topological polar surface area (TPSA) is 50.4 Å². The molecule has 4 nitrogen and oxygen atoms in total. The highest BCUT2D eigenvalue weighted by atomic mass is 16.3. The lowest BCUT2D eigenvalue weighted by molar-refractivity contribution is 0.143. The minimum absolute atomic E-state index is 0.630. The first-order valence-corrected chi connectivity index (χ1v) is 4.60. The quantitative estimate of drug-likeness (QED) is 0.643. The van der Waals surface area contributed by atoms with E-state index in [-0.39, 0.29) is 0 Å². The minimum atomic E-state index is -0.992. The van der Waals surface area contributed by atoms with E-state index in [1.54, 1.807) is 42.9 Å². The molecule has 15 heavy (non-hydrogen) atoms. The molecule has 0 saturated carbocycles. The molecule has 0 amide bonds. The average Bonchev–Trinajstić information content (AvgIpc) is 2.60. The Kier molecular flexibility index (Phi) is 2.18. The van der Waals surface area contributed by atoms with Crippen molar-refractivity contribution in [1.82, 2.24) is 14.6 Å². The van der Waals surface area contributed by atoms with Crippen molar-refractivity contribution in [3.05, 3.63) is 30.2 Å². The molecule has 2 aromatic heterocycles. The summed E-state index contributed by atoms with van der Waals surface area (Å²) in [6, 6.07) is 3.56. The van der Waals surface area contributed by atoms with Crippen LogP contribution in [0.5, 0.6) is 0 Å². The lowest BCUT2D eigenvalue weighted by Gasteiger charge is -2.05. The van der Waals surface area contributed by atoms with Crippen molar-refractivity contribution in [2.75, 3.05) is 0 Å². The van der Waals surface area contributed by atoms with Crippen LogP contribution in [0.15, 0.2) is 24.5 Å². The van der Waals surface area contributed by atoms with Crippen LogP contribution in [0.2, 0.25) is 0 Å². The average molecular weight is 201 g/mol. The van der Waals surface area contributed by atoms with Gasteiger partial charge in [-0.15, -0.1) is 0 Å². The van der Waals surface area contributed by atoms with E-state index in [0.717, 1.165) is 5.65 Å². The van der Waals surface area contributed by atoms with Crippen LogP contribution < -0.4 is 0 Å². The summed E-state index contributed by atoms with van der Waals surface area (Å²) in [6.07, 6.45) is 3.46. The highest BCUT2D eigenvalue weighted by Crippen LogP contribution is 2.01. The summed E-state index contributed by atoms with van der Waals surface area (Å²) in [4.78, 5) is 4.25. The maximum Gasteiger partial charge on any atom is 0.156 e. The van der Waals surface area contributed by atoms with Gasteiger partial charge in [0.25, 0.3) is 0 Å². The Bertz CT molecular complexity index is 540. The fourth-order valence-electron chi connectivity index (χ4n) is 1.10. The molecule has 0 aliphatic rings. The SMILES string of the molecule is CC(C)(O)C#Cc1ccn2nccc2n1. The van der Waals surface area contributed by atoms with Crippen molar-refractivity contribution in [2.24, 2.45) is 0 Å². The number of nitrogens with zero attached hydrogens (tertiary/aromatic N) is 3. The van der Waals surface area contributed by atoms with Crippen LogP contribution in [-0.4, -0.2) is 25.3 Å². The van der Waals surface area contributed by atoms with Gasteiger partial charge >= 0.3 is 0 Å². The molecule has 0 unspecified atom stereocenters. The van der Waals surface area contributed by atoms with E-state index in [4.69, 9.17) is 0 Å². The highest BCUT2D eigenvalue weighted by Gasteiger charge is 2.05. The predicted molar refractivity (Wildman–Crippen MR) is 56.2 cm³/mol. The lowest BCUT2D eigenvalue weighted by atomic mass is 10.1. The van der Waals surface area contributed by atoms with Crippen LogP contribution in [0, 0.1) is 11.8 Å². The fourth-order valence-corrected chi connectivity index (χ4v) is 1.10. The Morgan fingerprint density at radius 3 is 2.93 bits per heavy atom. The summed E-state index contributed by atoms with van der Waals surface area (Å²) < 4.78 is 1.66. The zero-order valence-corrected chi connectivity index (χ0v) is 8.60. The van der Waals surface area contributed by atoms with Crippen molar-refractivity contribution >= 4 is 5.65 Å². The van der Waals surface area contributed by atoms with Gasteiger partial charge in [0.05, 0.1) is 6.20 Å². The van der Waals surface area contributed by atoms with Crippen LogP contribution in [0.3, 0.4) is 0 Å². The van der Waals surface area contributed by atoms with E-state index >= 15 is 0 Å². The molecule has 2 heterocycles. The molecular weight excluding hydrogens is 190 g/mol. The number of aliphatic hydroxyl groups is 1. The molecule has 0 fully saturated rings. The third-order valence-electron chi connectivity index (χ3n) is 1.75. The van der Waals surface area contributed by atoms with E-state index in [1.165, 1.54) is 0 Å². The van der Waals surface area contributed by atoms with Gasteiger partial charge in [0.1, 0.15) is 11.3 Å². The van der Waals surface area contributed by atoms with Crippen LogP contribution in [-0.2, 0) is 0 Å². The second kappa shape index (κ2) is 3.37. The van der Waals surface area contributed by atoms with Gasteiger partial charge in [-0.1, -0.05) is 5.92 Å². The predicted octanol–water partition coefficient (Wildman–Crippen LogP) is 0.852. The van der Waals surface area contributed by atoms with Gasteiger partial charge in [-0.05, 0) is 25.8 Å². The Labute approximate surface area is 87.6 Å². The first-order chi connectivity index (χ1) is 7.04. The fraction of sp³-hybridized carbons (Fsp3) is 0.273. The van der Waals surface area contributed by atoms with Crippen LogP contribution in [0.4, 0.5) is 0 Å². The summed E-state index contributed by atoms with van der Waals surface area (Å²) in [5.41, 5.74) is 0.385. The van der Waals surface area contributed by atoms with Gasteiger partial charge in [-0.3, -0.25) is 0 Å². The smallest absolute Gasteiger partial charge is 0.156 e. The Morgan fingerprint density at radius 2 is 2.20 bits per heavy atom. The third-order valence-corrected chi connectivity index (χ3v) is 1.75. The molecule has 0 aromatic carbocycles. The molecule has 0 saturated heterocycles. The van der Waals surface area contributed by atoms with E-state index in [2.05, 4.69) is 21.9 Å². The van der Waals surface area contributed by atoms with Crippen molar-refractivity contribution in [3.63, 3.8) is 0 Å². The zero-order valence-electron chi connectivity index (χ0n) is 8.60. The second-order valence-electron chi connectivity index (χ2n) is 3.76. The van der Waals surface area contributed by atoms with Crippen LogP contribution in [0.25, 0.3) is 5.65 Å². The molecule has 76 valence electrons. The number of aromatic nitrogens is 3. The first-order valence-electron chi connectivity index (χ1n) is 4.60. The number of hydrogen-bond acceptors (Lipinski definition) is 3. The summed E-state index contributed by atoms with van der Waals surface area (Å²) in [6.45, 7) is 3.27. The van der Waals surface area contributed by atoms with Gasteiger partial charge in [0.2, 0.25) is 0 Å². The van der Waals surface area contributed by atoms with Crippen molar-refractivity contribution in [3.8, 4) is 11.8 Å². The first kappa shape index (κ1) is 9.69. The maximum atomic E-state index is 9.43. The molecule has 0 bridgehead atoms. The molecular formula is C11H11N3O. The van der Waals surface area contributed by atoms with E-state index < -0.39 is 5.60 Å². The van der Waals surface area contributed by atoms with Gasteiger partial charge in [0.15, 0.2) is 5.65 Å². The zero-order chi connectivity index (χ0) is 10.9. The van der Waals surface area contributed by atoms with E-state index in [1.807, 2.05) is 0 Å². The molecule has 1 N–H and O–H groups in total. The molecule has 2 rings (SSSR count). The Hall–Kier alpha value is -1.86. The molecule has 0 radical (unpaired) electrons. The molecule has 0 spiro atoms. The summed E-state index contributed by atoms with van der Waals surface area (Å²) in [5.74, 6) is 5.52.